The van der Waals surface area contributed by atoms with Crippen LogP contribution in [-0.2, 0) is 32.5 Å². The smallest absolute Gasteiger partial charge is 0.265 e. The van der Waals surface area contributed by atoms with Gasteiger partial charge in [-0.05, 0) is 79.3 Å². The second-order valence-corrected chi connectivity index (χ2v) is 13.0. The van der Waals surface area contributed by atoms with Gasteiger partial charge in [0.15, 0.2) is 12.7 Å². The summed E-state index contributed by atoms with van der Waals surface area (Å²) in [5.74, 6) is 0.181. The zero-order valence-electron chi connectivity index (χ0n) is 25.0. The SMILES string of the molecule is Cc1cc(S(=O)(=O)N2CCCc3ccccc32)ccc1OCC(=O)N1C[C@@H](C(=O)NCCc2ccccc2)Oc2ccccc21. The largest absolute Gasteiger partial charge is 0.483 e. The molecule has 2 aliphatic heterocycles. The molecule has 4 aromatic carbocycles. The van der Waals surface area contributed by atoms with Crippen molar-refractivity contribution in [2.75, 3.05) is 35.4 Å². The molecule has 6 rings (SSSR count). The predicted octanol–water partition coefficient (Wildman–Crippen LogP) is 4.67. The van der Waals surface area contributed by atoms with Crippen molar-refractivity contribution >= 4 is 33.2 Å². The van der Waals surface area contributed by atoms with Crippen molar-refractivity contribution < 1.29 is 27.5 Å². The number of anilines is 2. The summed E-state index contributed by atoms with van der Waals surface area (Å²) < 4.78 is 40.6. The van der Waals surface area contributed by atoms with E-state index in [-0.39, 0.29) is 29.9 Å². The third-order valence-corrected chi connectivity index (χ3v) is 9.89. The molecule has 2 amide bonds. The number of sulfonamides is 1. The average Bonchev–Trinajstić information content (AvgIpc) is 3.07. The summed E-state index contributed by atoms with van der Waals surface area (Å²) in [7, 11) is -3.78. The van der Waals surface area contributed by atoms with Gasteiger partial charge in [0.1, 0.15) is 11.5 Å². The molecule has 0 aliphatic carbocycles. The van der Waals surface area contributed by atoms with Gasteiger partial charge in [0.05, 0.1) is 22.8 Å². The number of hydrogen-bond acceptors (Lipinski definition) is 6. The van der Waals surface area contributed by atoms with Gasteiger partial charge in [-0.3, -0.25) is 13.9 Å². The number of aryl methyl sites for hydroxylation is 2. The average molecular weight is 626 g/mol. The quantitative estimate of drug-likeness (QED) is 0.290. The lowest BCUT2D eigenvalue weighted by Crippen LogP contribution is -2.52. The number of ether oxygens (including phenoxy) is 2. The van der Waals surface area contributed by atoms with Crippen LogP contribution in [0.3, 0.4) is 0 Å². The van der Waals surface area contributed by atoms with Crippen molar-refractivity contribution in [1.82, 2.24) is 5.32 Å². The summed E-state index contributed by atoms with van der Waals surface area (Å²) in [5.41, 5.74) is 3.98. The lowest BCUT2D eigenvalue weighted by atomic mass is 10.0. The molecule has 4 aromatic rings. The Hall–Kier alpha value is -4.83. The minimum absolute atomic E-state index is 0.0316. The van der Waals surface area contributed by atoms with E-state index in [0.29, 0.717) is 47.9 Å². The zero-order chi connectivity index (χ0) is 31.4. The topological polar surface area (TPSA) is 105 Å². The number of benzene rings is 4. The lowest BCUT2D eigenvalue weighted by molar-refractivity contribution is -0.128. The number of carbonyl (C=O) groups is 2. The lowest BCUT2D eigenvalue weighted by Gasteiger charge is -2.34. The van der Waals surface area contributed by atoms with E-state index in [1.165, 1.54) is 15.3 Å². The Morgan fingerprint density at radius 3 is 2.47 bits per heavy atom. The summed E-state index contributed by atoms with van der Waals surface area (Å²) in [6.07, 6.45) is 1.39. The summed E-state index contributed by atoms with van der Waals surface area (Å²) in [6.45, 7) is 2.34. The van der Waals surface area contributed by atoms with E-state index in [2.05, 4.69) is 5.32 Å². The first kappa shape index (κ1) is 30.2. The van der Waals surface area contributed by atoms with Gasteiger partial charge in [-0.15, -0.1) is 0 Å². The highest BCUT2D eigenvalue weighted by molar-refractivity contribution is 7.92. The number of carbonyl (C=O) groups excluding carboxylic acids is 2. The molecule has 9 nitrogen and oxygen atoms in total. The van der Waals surface area contributed by atoms with Gasteiger partial charge in [-0.1, -0.05) is 60.7 Å². The molecule has 0 saturated heterocycles. The van der Waals surface area contributed by atoms with Gasteiger partial charge < -0.3 is 19.7 Å². The number of nitrogens with zero attached hydrogens (tertiary/aromatic N) is 2. The van der Waals surface area contributed by atoms with Crippen LogP contribution >= 0.6 is 0 Å². The van der Waals surface area contributed by atoms with E-state index < -0.39 is 16.1 Å². The molecule has 1 N–H and O–H groups in total. The molecule has 0 saturated carbocycles. The van der Waals surface area contributed by atoms with Crippen LogP contribution in [0.1, 0.15) is 23.1 Å². The molecule has 10 heteroatoms. The van der Waals surface area contributed by atoms with E-state index in [9.17, 15) is 18.0 Å². The van der Waals surface area contributed by atoms with Crippen LogP contribution in [0.5, 0.6) is 11.5 Å². The van der Waals surface area contributed by atoms with Crippen molar-refractivity contribution in [2.24, 2.45) is 0 Å². The second-order valence-electron chi connectivity index (χ2n) is 11.1. The molecule has 45 heavy (non-hydrogen) atoms. The maximum absolute atomic E-state index is 13.6. The van der Waals surface area contributed by atoms with E-state index in [1.54, 1.807) is 43.3 Å². The van der Waals surface area contributed by atoms with Crippen molar-refractivity contribution in [3.8, 4) is 11.5 Å². The molecule has 0 radical (unpaired) electrons. The van der Waals surface area contributed by atoms with Crippen LogP contribution in [0.25, 0.3) is 0 Å². The van der Waals surface area contributed by atoms with Gasteiger partial charge in [-0.25, -0.2) is 8.42 Å². The first-order valence-corrected chi connectivity index (χ1v) is 16.5. The van der Waals surface area contributed by atoms with Crippen LogP contribution in [0.2, 0.25) is 0 Å². The molecule has 2 aliphatic rings. The number of hydrogen-bond donors (Lipinski definition) is 1. The molecule has 2 heterocycles. The Balaban J connectivity index is 1.12. The zero-order valence-corrected chi connectivity index (χ0v) is 25.8. The maximum Gasteiger partial charge on any atom is 0.265 e. The number of rotatable bonds is 9. The third kappa shape index (κ3) is 6.51. The second kappa shape index (κ2) is 13.0. The Morgan fingerprint density at radius 1 is 0.933 bits per heavy atom. The number of para-hydroxylation sites is 3. The Kier molecular flexibility index (Phi) is 8.75. The molecule has 0 fully saturated rings. The molecule has 232 valence electrons. The van der Waals surface area contributed by atoms with Crippen molar-refractivity contribution in [3.05, 3.63) is 114 Å². The monoisotopic (exact) mass is 625 g/mol. The predicted molar refractivity (Wildman–Crippen MR) is 172 cm³/mol. The van der Waals surface area contributed by atoms with Gasteiger partial charge in [0.25, 0.3) is 21.8 Å². The summed E-state index contributed by atoms with van der Waals surface area (Å²) in [4.78, 5) is 28.2. The van der Waals surface area contributed by atoms with Crippen LogP contribution < -0.4 is 24.0 Å². The molecule has 0 aromatic heterocycles. The minimum Gasteiger partial charge on any atom is -0.483 e. The van der Waals surface area contributed by atoms with E-state index in [4.69, 9.17) is 9.47 Å². The van der Waals surface area contributed by atoms with Crippen molar-refractivity contribution in [1.29, 1.82) is 0 Å². The highest BCUT2D eigenvalue weighted by atomic mass is 32.2. The number of fused-ring (bicyclic) bond motifs is 2. The van der Waals surface area contributed by atoms with Crippen LogP contribution in [0.4, 0.5) is 11.4 Å². The van der Waals surface area contributed by atoms with E-state index in [0.717, 1.165) is 24.0 Å². The van der Waals surface area contributed by atoms with Gasteiger partial charge in [0.2, 0.25) is 0 Å². The number of nitrogens with one attached hydrogen (secondary N) is 1. The van der Waals surface area contributed by atoms with Gasteiger partial charge in [-0.2, -0.15) is 0 Å². The van der Waals surface area contributed by atoms with Crippen LogP contribution in [-0.4, -0.2) is 52.6 Å². The molecular weight excluding hydrogens is 590 g/mol. The molecular formula is C35H35N3O6S. The highest BCUT2D eigenvalue weighted by Gasteiger charge is 2.34. The Bertz CT molecular complexity index is 1810. The van der Waals surface area contributed by atoms with E-state index >= 15 is 0 Å². The van der Waals surface area contributed by atoms with Gasteiger partial charge in [0, 0.05) is 13.1 Å². The Labute approximate surface area is 263 Å². The standard InChI is InChI=1S/C35H35N3O6S/c1-25-22-28(45(41,42)38-21-9-13-27-12-5-6-14-29(27)38)17-18-31(25)43-24-34(39)37-23-33(44-32-16-8-7-15-30(32)37)35(40)36-20-19-26-10-3-2-4-11-26/h2-8,10-12,14-18,22,33H,9,13,19-21,23-24H2,1H3,(H,36,40)/t33-/m0/s1. The normalized spacial score (nSPS) is 15.8. The first-order chi connectivity index (χ1) is 21.8. The fourth-order valence-corrected chi connectivity index (χ4v) is 7.36. The van der Waals surface area contributed by atoms with E-state index in [1.807, 2.05) is 54.6 Å². The molecule has 0 unspecified atom stereocenters. The molecule has 1 atom stereocenters. The van der Waals surface area contributed by atoms with Gasteiger partial charge >= 0.3 is 0 Å². The maximum atomic E-state index is 13.6. The van der Waals surface area contributed by atoms with Crippen LogP contribution in [0, 0.1) is 6.92 Å². The fourth-order valence-electron chi connectivity index (χ4n) is 5.73. The van der Waals surface area contributed by atoms with Crippen LogP contribution in [0.15, 0.2) is 102 Å². The third-order valence-electron chi connectivity index (χ3n) is 8.08. The minimum atomic E-state index is -3.78. The number of amides is 2. The first-order valence-electron chi connectivity index (χ1n) is 15.0. The highest BCUT2D eigenvalue weighted by Crippen LogP contribution is 2.35. The molecule has 0 spiro atoms. The van der Waals surface area contributed by atoms with Crippen molar-refractivity contribution in [3.63, 3.8) is 0 Å². The Morgan fingerprint density at radius 2 is 1.67 bits per heavy atom. The molecule has 0 bridgehead atoms. The van der Waals surface area contributed by atoms with Crippen molar-refractivity contribution in [2.45, 2.75) is 37.2 Å². The summed E-state index contributed by atoms with van der Waals surface area (Å²) in [5, 5.41) is 2.92. The summed E-state index contributed by atoms with van der Waals surface area (Å²) in [6, 6.07) is 29.2. The fraction of sp³-hybridized carbons (Fsp3) is 0.257. The summed E-state index contributed by atoms with van der Waals surface area (Å²) >= 11 is 0.